The van der Waals surface area contributed by atoms with Gasteiger partial charge in [0.2, 0.25) is 0 Å². The number of ether oxygens (including phenoxy) is 1. The molecule has 1 N–H and O–H groups in total. The second-order valence-corrected chi connectivity index (χ2v) is 5.84. The Morgan fingerprint density at radius 2 is 2.00 bits per heavy atom. The number of hydrogen-bond acceptors (Lipinski definition) is 3. The lowest BCUT2D eigenvalue weighted by Gasteiger charge is -2.29. The monoisotopic (exact) mass is 260 g/mol. The van der Waals surface area contributed by atoms with E-state index in [1.807, 2.05) is 4.90 Å². The summed E-state index contributed by atoms with van der Waals surface area (Å²) in [7, 11) is 0. The fraction of sp³-hybridized carbons (Fsp3) is 0.917. The Bertz CT molecular complexity index is 302. The van der Waals surface area contributed by atoms with E-state index < -0.39 is 0 Å². The van der Waals surface area contributed by atoms with E-state index in [0.29, 0.717) is 18.6 Å². The first-order valence-corrected chi connectivity index (χ1v) is 6.22. The lowest BCUT2D eigenvalue weighted by molar-refractivity contribution is -0.145. The lowest BCUT2D eigenvalue weighted by atomic mass is 10.1. The zero-order chi connectivity index (χ0) is 11.3. The molecule has 0 radical (unpaired) electrons. The van der Waals surface area contributed by atoms with Crippen molar-refractivity contribution in [3.05, 3.63) is 0 Å². The number of hydrogen-bond donors (Lipinski definition) is 1. The van der Waals surface area contributed by atoms with Crippen LogP contribution in [0.25, 0.3) is 0 Å². The first-order chi connectivity index (χ1) is 7.60. The van der Waals surface area contributed by atoms with Gasteiger partial charge in [-0.25, -0.2) is 0 Å². The van der Waals surface area contributed by atoms with Crippen LogP contribution in [-0.4, -0.2) is 49.7 Å². The molecule has 17 heavy (non-hydrogen) atoms. The summed E-state index contributed by atoms with van der Waals surface area (Å²) < 4.78 is 5.50. The molecule has 0 spiro atoms. The number of carbonyl (C=O) groups is 1. The normalized spacial score (nSPS) is 38.2. The van der Waals surface area contributed by atoms with Crippen LogP contribution in [0, 0.1) is 17.3 Å². The zero-order valence-corrected chi connectivity index (χ0v) is 11.3. The van der Waals surface area contributed by atoms with Gasteiger partial charge in [0, 0.05) is 26.2 Å². The highest BCUT2D eigenvalue weighted by Gasteiger charge is 2.62. The van der Waals surface area contributed by atoms with Crippen molar-refractivity contribution in [3.63, 3.8) is 0 Å². The highest BCUT2D eigenvalue weighted by Crippen LogP contribution is 2.61. The Morgan fingerprint density at radius 1 is 1.35 bits per heavy atom. The number of likely N-dealkylation sites (tertiary alicyclic amines) is 1. The largest absolute Gasteiger partial charge is 0.366 e. The van der Waals surface area contributed by atoms with E-state index >= 15 is 0 Å². The smallest absolute Gasteiger partial charge is 0.253 e. The van der Waals surface area contributed by atoms with Crippen molar-refractivity contribution < 1.29 is 9.53 Å². The molecule has 0 bridgehead atoms. The molecular formula is C12H21ClN2O2. The topological polar surface area (TPSA) is 41.6 Å². The summed E-state index contributed by atoms with van der Waals surface area (Å²) in [6.07, 6.45) is -0.241. The third-order valence-corrected chi connectivity index (χ3v) is 4.64. The maximum Gasteiger partial charge on any atom is 0.253 e. The molecule has 3 unspecified atom stereocenters. The van der Waals surface area contributed by atoms with Crippen LogP contribution in [0.2, 0.25) is 0 Å². The van der Waals surface area contributed by atoms with Crippen LogP contribution in [0.15, 0.2) is 0 Å². The molecule has 98 valence electrons. The molecule has 1 saturated carbocycles. The van der Waals surface area contributed by atoms with Crippen molar-refractivity contribution >= 4 is 18.3 Å². The van der Waals surface area contributed by atoms with Gasteiger partial charge < -0.3 is 15.0 Å². The number of nitrogens with zero attached hydrogens (tertiary/aromatic N) is 1. The maximum absolute atomic E-state index is 12.1. The summed E-state index contributed by atoms with van der Waals surface area (Å²) in [5, 5.41) is 3.21. The molecule has 3 fully saturated rings. The number of amides is 1. The van der Waals surface area contributed by atoms with Crippen molar-refractivity contribution in [1.82, 2.24) is 10.2 Å². The van der Waals surface area contributed by atoms with Gasteiger partial charge in [-0.05, 0) is 17.3 Å². The Morgan fingerprint density at radius 3 is 2.53 bits per heavy atom. The van der Waals surface area contributed by atoms with E-state index in [-0.39, 0.29) is 24.4 Å². The van der Waals surface area contributed by atoms with Gasteiger partial charge in [-0.2, -0.15) is 0 Å². The number of piperidine rings is 1. The molecule has 4 nitrogen and oxygen atoms in total. The van der Waals surface area contributed by atoms with E-state index in [0.717, 1.165) is 31.5 Å². The van der Waals surface area contributed by atoms with Crippen molar-refractivity contribution in [1.29, 1.82) is 0 Å². The van der Waals surface area contributed by atoms with E-state index in [1.54, 1.807) is 0 Å². The molecule has 5 heteroatoms. The Labute approximate surface area is 108 Å². The van der Waals surface area contributed by atoms with Gasteiger partial charge in [0.1, 0.15) is 6.10 Å². The SMILES string of the molecule is CC1(C)C2CN(C(=O)C3CNCCO3)CC21.Cl. The molecule has 1 aliphatic carbocycles. The van der Waals surface area contributed by atoms with E-state index in [9.17, 15) is 4.79 Å². The standard InChI is InChI=1S/C12H20N2O2.ClH/c1-12(2)8-6-14(7-9(8)12)11(15)10-5-13-3-4-16-10;/h8-10,13H,3-7H2,1-2H3;1H. The van der Waals surface area contributed by atoms with E-state index in [1.165, 1.54) is 0 Å². The average Bonchev–Trinajstić information content (AvgIpc) is 2.72. The Hall–Kier alpha value is -0.320. The van der Waals surface area contributed by atoms with E-state index in [4.69, 9.17) is 4.74 Å². The third-order valence-electron chi connectivity index (χ3n) is 4.64. The number of fused-ring (bicyclic) bond motifs is 1. The van der Waals surface area contributed by atoms with Crippen molar-refractivity contribution in [3.8, 4) is 0 Å². The number of morpholine rings is 1. The second kappa shape index (κ2) is 4.41. The predicted octanol–water partition coefficient (Wildman–Crippen LogP) is 0.511. The summed E-state index contributed by atoms with van der Waals surface area (Å²) in [4.78, 5) is 14.1. The molecule has 2 aliphatic heterocycles. The molecule has 3 rings (SSSR count). The van der Waals surface area contributed by atoms with Crippen LogP contribution in [0.3, 0.4) is 0 Å². The van der Waals surface area contributed by atoms with Crippen LogP contribution in [-0.2, 0) is 9.53 Å². The number of carbonyl (C=O) groups excluding carboxylic acids is 1. The van der Waals surface area contributed by atoms with Gasteiger partial charge in [-0.3, -0.25) is 4.79 Å². The first kappa shape index (κ1) is 13.1. The fourth-order valence-electron chi connectivity index (χ4n) is 3.24. The Balaban J connectivity index is 0.00000108. The molecule has 3 atom stereocenters. The van der Waals surface area contributed by atoms with Crippen LogP contribution >= 0.6 is 12.4 Å². The summed E-state index contributed by atoms with van der Waals surface area (Å²) in [6.45, 7) is 8.69. The van der Waals surface area contributed by atoms with Crippen LogP contribution in [0.5, 0.6) is 0 Å². The van der Waals surface area contributed by atoms with Gasteiger partial charge in [0.05, 0.1) is 6.61 Å². The summed E-state index contributed by atoms with van der Waals surface area (Å²) in [5.74, 6) is 1.65. The number of rotatable bonds is 1. The quantitative estimate of drug-likeness (QED) is 0.747. The summed E-state index contributed by atoms with van der Waals surface area (Å²) in [6, 6.07) is 0. The molecule has 3 aliphatic rings. The molecule has 2 saturated heterocycles. The molecule has 0 aromatic carbocycles. The Kier molecular flexibility index (Phi) is 3.40. The van der Waals surface area contributed by atoms with Crippen molar-refractivity contribution in [2.45, 2.75) is 20.0 Å². The minimum Gasteiger partial charge on any atom is -0.366 e. The molecule has 1 amide bonds. The molecule has 0 aromatic rings. The summed E-state index contributed by atoms with van der Waals surface area (Å²) in [5.41, 5.74) is 0.475. The van der Waals surface area contributed by atoms with Gasteiger partial charge >= 0.3 is 0 Å². The second-order valence-electron chi connectivity index (χ2n) is 5.84. The van der Waals surface area contributed by atoms with Crippen LogP contribution in [0.4, 0.5) is 0 Å². The number of nitrogens with one attached hydrogen (secondary N) is 1. The van der Waals surface area contributed by atoms with Gasteiger partial charge in [0.15, 0.2) is 0 Å². The summed E-state index contributed by atoms with van der Waals surface area (Å²) >= 11 is 0. The van der Waals surface area contributed by atoms with Gasteiger partial charge in [0.25, 0.3) is 5.91 Å². The zero-order valence-electron chi connectivity index (χ0n) is 10.4. The van der Waals surface area contributed by atoms with Crippen molar-refractivity contribution in [2.24, 2.45) is 17.3 Å². The van der Waals surface area contributed by atoms with Crippen molar-refractivity contribution in [2.75, 3.05) is 32.8 Å². The maximum atomic E-state index is 12.1. The minimum atomic E-state index is -0.241. The fourth-order valence-corrected chi connectivity index (χ4v) is 3.24. The highest BCUT2D eigenvalue weighted by atomic mass is 35.5. The molecule has 0 aromatic heterocycles. The van der Waals surface area contributed by atoms with E-state index in [2.05, 4.69) is 19.2 Å². The van der Waals surface area contributed by atoms with Crippen LogP contribution < -0.4 is 5.32 Å². The third kappa shape index (κ3) is 2.07. The minimum absolute atomic E-state index is 0. The first-order valence-electron chi connectivity index (χ1n) is 6.22. The molecular weight excluding hydrogens is 240 g/mol. The highest BCUT2D eigenvalue weighted by molar-refractivity contribution is 5.85. The number of halogens is 1. The average molecular weight is 261 g/mol. The van der Waals surface area contributed by atoms with Gasteiger partial charge in [-0.15, -0.1) is 12.4 Å². The predicted molar refractivity (Wildman–Crippen MR) is 67.2 cm³/mol. The van der Waals surface area contributed by atoms with Crippen LogP contribution in [0.1, 0.15) is 13.8 Å². The van der Waals surface area contributed by atoms with Gasteiger partial charge in [-0.1, -0.05) is 13.8 Å². The lowest BCUT2D eigenvalue weighted by Crippen LogP contribution is -2.49. The molecule has 2 heterocycles.